The number of halogens is 1. The molecule has 1 N–H and O–H groups in total. The van der Waals surface area contributed by atoms with Gasteiger partial charge in [0, 0.05) is 51.8 Å². The molecule has 0 saturated heterocycles. The average molecular weight is 486 g/mol. The maximum atomic E-state index is 14.5. The molecule has 8 nitrogen and oxygen atoms in total. The number of hydrogen-bond donors (Lipinski definition) is 1. The molecule has 1 heterocycles. The van der Waals surface area contributed by atoms with Gasteiger partial charge in [-0.1, -0.05) is 19.1 Å². The van der Waals surface area contributed by atoms with Gasteiger partial charge in [0.05, 0.1) is 23.3 Å². The Hall–Kier alpha value is -3.46. The van der Waals surface area contributed by atoms with Gasteiger partial charge in [0.15, 0.2) is 0 Å². The number of methoxy groups -OCH3 is 1. The standard InChI is InChI=1S/C26H32FN3O5/c1-16-13-30(26(33)20-8-6-7-9-22(20)27)17(2)15-35-23-12-19(28-18(3)31)10-11-21(23)25(32)29(4)14-24(16)34-5/h6-12,16-17,24H,13-15H2,1-5H3,(H,28,31)/t16-,17+,24-/m1/s1. The molecular formula is C26H32FN3O5. The number of benzene rings is 2. The van der Waals surface area contributed by atoms with Crippen molar-refractivity contribution in [2.75, 3.05) is 39.2 Å². The average Bonchev–Trinajstić information content (AvgIpc) is 2.82. The fourth-order valence-electron chi connectivity index (χ4n) is 4.13. The number of carbonyl (C=O) groups excluding carboxylic acids is 3. The predicted octanol–water partition coefficient (Wildman–Crippen LogP) is 3.43. The van der Waals surface area contributed by atoms with Crippen molar-refractivity contribution >= 4 is 23.4 Å². The first kappa shape index (κ1) is 26.2. The number of ether oxygens (including phenoxy) is 2. The van der Waals surface area contributed by atoms with E-state index in [4.69, 9.17) is 9.47 Å². The Bertz CT molecular complexity index is 1090. The summed E-state index contributed by atoms with van der Waals surface area (Å²) in [5.74, 6) is -1.43. The minimum absolute atomic E-state index is 0.0201. The fourth-order valence-corrected chi connectivity index (χ4v) is 4.13. The molecule has 2 aromatic rings. The van der Waals surface area contributed by atoms with E-state index in [0.29, 0.717) is 11.3 Å². The van der Waals surface area contributed by atoms with Gasteiger partial charge in [-0.05, 0) is 31.2 Å². The number of fused-ring (bicyclic) bond motifs is 1. The van der Waals surface area contributed by atoms with Gasteiger partial charge in [-0.2, -0.15) is 0 Å². The number of anilines is 1. The van der Waals surface area contributed by atoms with Crippen LogP contribution < -0.4 is 10.1 Å². The van der Waals surface area contributed by atoms with Crippen molar-refractivity contribution in [2.24, 2.45) is 5.92 Å². The van der Waals surface area contributed by atoms with E-state index in [2.05, 4.69) is 5.32 Å². The molecule has 1 aliphatic heterocycles. The lowest BCUT2D eigenvalue weighted by Crippen LogP contribution is -2.48. The summed E-state index contributed by atoms with van der Waals surface area (Å²) in [4.78, 5) is 41.3. The molecule has 0 bridgehead atoms. The Morgan fingerprint density at radius 2 is 1.86 bits per heavy atom. The van der Waals surface area contributed by atoms with E-state index in [1.165, 1.54) is 25.1 Å². The van der Waals surface area contributed by atoms with Crippen LogP contribution in [0.4, 0.5) is 10.1 Å². The summed E-state index contributed by atoms with van der Waals surface area (Å²) in [5, 5.41) is 2.69. The van der Waals surface area contributed by atoms with E-state index < -0.39 is 17.8 Å². The first-order valence-electron chi connectivity index (χ1n) is 11.5. The third kappa shape index (κ3) is 6.16. The van der Waals surface area contributed by atoms with Gasteiger partial charge in [0.2, 0.25) is 5.91 Å². The van der Waals surface area contributed by atoms with Crippen molar-refractivity contribution < 1.29 is 28.2 Å². The lowest BCUT2D eigenvalue weighted by Gasteiger charge is -2.36. The Labute approximate surface area is 205 Å². The van der Waals surface area contributed by atoms with E-state index in [1.807, 2.05) is 13.8 Å². The summed E-state index contributed by atoms with van der Waals surface area (Å²) in [7, 11) is 3.23. The Morgan fingerprint density at radius 3 is 2.51 bits per heavy atom. The summed E-state index contributed by atoms with van der Waals surface area (Å²) < 4.78 is 26.2. The van der Waals surface area contributed by atoms with Crippen molar-refractivity contribution in [3.63, 3.8) is 0 Å². The zero-order valence-corrected chi connectivity index (χ0v) is 20.7. The number of nitrogens with one attached hydrogen (secondary N) is 1. The van der Waals surface area contributed by atoms with Crippen LogP contribution in [0.5, 0.6) is 5.75 Å². The Morgan fingerprint density at radius 1 is 1.14 bits per heavy atom. The van der Waals surface area contributed by atoms with Gasteiger partial charge in [-0.3, -0.25) is 14.4 Å². The van der Waals surface area contributed by atoms with Crippen LogP contribution in [-0.2, 0) is 9.53 Å². The second kappa shape index (κ2) is 11.3. The third-order valence-corrected chi connectivity index (χ3v) is 6.13. The number of nitrogens with zero attached hydrogens (tertiary/aromatic N) is 2. The number of hydrogen-bond acceptors (Lipinski definition) is 5. The highest BCUT2D eigenvalue weighted by Crippen LogP contribution is 2.27. The number of likely N-dealkylation sites (N-methyl/N-ethyl adjacent to an activating group) is 1. The van der Waals surface area contributed by atoms with E-state index in [0.717, 1.165) is 0 Å². The number of amides is 3. The topological polar surface area (TPSA) is 88.2 Å². The zero-order chi connectivity index (χ0) is 25.7. The molecule has 3 atom stereocenters. The molecule has 2 aromatic carbocycles. The third-order valence-electron chi connectivity index (χ3n) is 6.13. The monoisotopic (exact) mass is 485 g/mol. The highest BCUT2D eigenvalue weighted by Gasteiger charge is 2.31. The molecule has 0 unspecified atom stereocenters. The number of carbonyl (C=O) groups is 3. The second-order valence-electron chi connectivity index (χ2n) is 8.93. The first-order chi connectivity index (χ1) is 16.6. The molecule has 0 fully saturated rings. The highest BCUT2D eigenvalue weighted by molar-refractivity contribution is 5.98. The van der Waals surface area contributed by atoms with Crippen molar-refractivity contribution in [3.05, 3.63) is 59.4 Å². The van der Waals surface area contributed by atoms with Crippen molar-refractivity contribution in [1.29, 1.82) is 0 Å². The summed E-state index contributed by atoms with van der Waals surface area (Å²) >= 11 is 0. The van der Waals surface area contributed by atoms with Crippen LogP contribution in [0.3, 0.4) is 0 Å². The SMILES string of the molecule is CO[C@@H]1CN(C)C(=O)c2ccc(NC(C)=O)cc2OC[C@H](C)N(C(=O)c2ccccc2F)C[C@H]1C. The van der Waals surface area contributed by atoms with E-state index in [-0.39, 0.29) is 54.8 Å². The van der Waals surface area contributed by atoms with E-state index in [9.17, 15) is 18.8 Å². The molecule has 0 radical (unpaired) electrons. The Balaban J connectivity index is 2.02. The molecular weight excluding hydrogens is 453 g/mol. The molecule has 0 saturated carbocycles. The molecule has 0 spiro atoms. The smallest absolute Gasteiger partial charge is 0.257 e. The lowest BCUT2D eigenvalue weighted by molar-refractivity contribution is -0.114. The predicted molar refractivity (Wildman–Crippen MR) is 130 cm³/mol. The second-order valence-corrected chi connectivity index (χ2v) is 8.93. The summed E-state index contributed by atoms with van der Waals surface area (Å²) in [5.41, 5.74) is 0.784. The molecule has 35 heavy (non-hydrogen) atoms. The van der Waals surface area contributed by atoms with Gasteiger partial charge < -0.3 is 24.6 Å². The van der Waals surface area contributed by atoms with Crippen LogP contribution >= 0.6 is 0 Å². The van der Waals surface area contributed by atoms with Crippen LogP contribution in [-0.4, -0.2) is 73.5 Å². The highest BCUT2D eigenvalue weighted by atomic mass is 19.1. The van der Waals surface area contributed by atoms with Crippen molar-refractivity contribution in [2.45, 2.75) is 32.9 Å². The van der Waals surface area contributed by atoms with Crippen LogP contribution in [0.15, 0.2) is 42.5 Å². The van der Waals surface area contributed by atoms with Crippen molar-refractivity contribution in [1.82, 2.24) is 9.80 Å². The van der Waals surface area contributed by atoms with E-state index in [1.54, 1.807) is 48.2 Å². The lowest BCUT2D eigenvalue weighted by atomic mass is 10.0. The van der Waals surface area contributed by atoms with Crippen molar-refractivity contribution in [3.8, 4) is 5.75 Å². The normalized spacial score (nSPS) is 21.3. The minimum Gasteiger partial charge on any atom is -0.491 e. The molecule has 0 aromatic heterocycles. The molecule has 188 valence electrons. The fraction of sp³-hybridized carbons (Fsp3) is 0.423. The maximum Gasteiger partial charge on any atom is 0.257 e. The van der Waals surface area contributed by atoms with E-state index >= 15 is 0 Å². The van der Waals surface area contributed by atoms with Crippen LogP contribution in [0.25, 0.3) is 0 Å². The van der Waals surface area contributed by atoms with Gasteiger partial charge in [-0.15, -0.1) is 0 Å². The van der Waals surface area contributed by atoms with Crippen LogP contribution in [0, 0.1) is 11.7 Å². The molecule has 9 heteroatoms. The minimum atomic E-state index is -0.594. The zero-order valence-electron chi connectivity index (χ0n) is 20.7. The Kier molecular flexibility index (Phi) is 8.45. The molecule has 1 aliphatic rings. The quantitative estimate of drug-likeness (QED) is 0.720. The largest absolute Gasteiger partial charge is 0.491 e. The molecule has 3 amide bonds. The van der Waals surface area contributed by atoms with Gasteiger partial charge in [0.1, 0.15) is 18.2 Å². The maximum absolute atomic E-state index is 14.5. The van der Waals surface area contributed by atoms with Gasteiger partial charge in [-0.25, -0.2) is 4.39 Å². The summed E-state index contributed by atoms with van der Waals surface area (Å²) in [6, 6.07) is 10.2. The van der Waals surface area contributed by atoms with Crippen LogP contribution in [0.2, 0.25) is 0 Å². The molecule has 3 rings (SSSR count). The number of rotatable bonds is 3. The summed E-state index contributed by atoms with van der Waals surface area (Å²) in [6.45, 7) is 5.74. The first-order valence-corrected chi connectivity index (χ1v) is 11.5. The van der Waals surface area contributed by atoms with Gasteiger partial charge >= 0.3 is 0 Å². The van der Waals surface area contributed by atoms with Crippen LogP contribution in [0.1, 0.15) is 41.5 Å². The van der Waals surface area contributed by atoms with Gasteiger partial charge in [0.25, 0.3) is 11.8 Å². The molecule has 0 aliphatic carbocycles. The summed E-state index contributed by atoms with van der Waals surface area (Å²) in [6.07, 6.45) is -0.366.